The third-order valence-electron chi connectivity index (χ3n) is 2.02. The highest BCUT2D eigenvalue weighted by Crippen LogP contribution is 2.28. The van der Waals surface area contributed by atoms with Crippen LogP contribution in [0.15, 0.2) is 6.07 Å². The van der Waals surface area contributed by atoms with Gasteiger partial charge in [-0.1, -0.05) is 15.9 Å². The number of nitriles is 1. The van der Waals surface area contributed by atoms with Crippen molar-refractivity contribution in [2.75, 3.05) is 7.11 Å². The summed E-state index contributed by atoms with van der Waals surface area (Å²) in [6.45, 7) is 0. The van der Waals surface area contributed by atoms with Gasteiger partial charge in [0, 0.05) is 10.9 Å². The van der Waals surface area contributed by atoms with Crippen molar-refractivity contribution < 1.29 is 13.5 Å². The van der Waals surface area contributed by atoms with E-state index in [4.69, 9.17) is 10.00 Å². The lowest BCUT2D eigenvalue weighted by Crippen LogP contribution is -2.03. The number of hydrogen-bond acceptors (Lipinski definition) is 3. The van der Waals surface area contributed by atoms with Crippen LogP contribution in [0.5, 0.6) is 5.88 Å². The van der Waals surface area contributed by atoms with Gasteiger partial charge < -0.3 is 4.74 Å². The summed E-state index contributed by atoms with van der Waals surface area (Å²) in [5, 5.41) is 9.02. The monoisotopic (exact) mass is 290 g/mol. The maximum atomic E-state index is 12.5. The first kappa shape index (κ1) is 12.8. The molecule has 0 bridgehead atoms. The molecule has 6 heteroatoms. The summed E-state index contributed by atoms with van der Waals surface area (Å²) in [5.74, 6) is 0.0915. The Morgan fingerprint density at radius 2 is 2.31 bits per heavy atom. The lowest BCUT2D eigenvalue weighted by molar-refractivity contribution is 0.145. The minimum atomic E-state index is -2.65. The van der Waals surface area contributed by atoms with E-state index in [2.05, 4.69) is 20.9 Å². The molecular formula is C10H9BrF2N2O. The summed E-state index contributed by atoms with van der Waals surface area (Å²) >= 11 is 3.19. The minimum Gasteiger partial charge on any atom is -0.481 e. The summed E-state index contributed by atoms with van der Waals surface area (Å²) in [4.78, 5) is 3.67. The molecule has 0 aliphatic heterocycles. The highest BCUT2D eigenvalue weighted by atomic mass is 79.9. The number of ether oxygens (including phenoxy) is 1. The maximum Gasteiger partial charge on any atom is 0.280 e. The highest BCUT2D eigenvalue weighted by molar-refractivity contribution is 9.08. The third-order valence-corrected chi connectivity index (χ3v) is 2.62. The topological polar surface area (TPSA) is 45.9 Å². The van der Waals surface area contributed by atoms with Crippen LogP contribution < -0.4 is 4.74 Å². The first-order valence-corrected chi connectivity index (χ1v) is 5.54. The Morgan fingerprint density at radius 3 is 2.75 bits per heavy atom. The van der Waals surface area contributed by atoms with Crippen LogP contribution in [0.4, 0.5) is 8.78 Å². The molecule has 0 aromatic carbocycles. The predicted molar refractivity (Wildman–Crippen MR) is 57.7 cm³/mol. The van der Waals surface area contributed by atoms with Crippen molar-refractivity contribution in [1.29, 1.82) is 5.26 Å². The maximum absolute atomic E-state index is 12.5. The Labute approximate surface area is 100 Å². The van der Waals surface area contributed by atoms with E-state index in [-0.39, 0.29) is 18.0 Å². The third kappa shape index (κ3) is 2.67. The predicted octanol–water partition coefficient (Wildman–Crippen LogP) is 2.99. The molecular weight excluding hydrogens is 282 g/mol. The van der Waals surface area contributed by atoms with Crippen LogP contribution in [0.25, 0.3) is 0 Å². The molecule has 0 unspecified atom stereocenters. The van der Waals surface area contributed by atoms with Crippen molar-refractivity contribution in [3.63, 3.8) is 0 Å². The Bertz CT molecular complexity index is 393. The number of aromatic nitrogens is 1. The van der Waals surface area contributed by atoms with Crippen LogP contribution in [-0.4, -0.2) is 12.1 Å². The van der Waals surface area contributed by atoms with Gasteiger partial charge in [0.25, 0.3) is 6.43 Å². The highest BCUT2D eigenvalue weighted by Gasteiger charge is 2.17. The number of pyridine rings is 1. The summed E-state index contributed by atoms with van der Waals surface area (Å²) in [5.41, 5.74) is 0.808. The van der Waals surface area contributed by atoms with Gasteiger partial charge in [-0.2, -0.15) is 5.26 Å². The Morgan fingerprint density at radius 1 is 1.62 bits per heavy atom. The van der Waals surface area contributed by atoms with E-state index >= 15 is 0 Å². The molecule has 1 aromatic heterocycles. The molecule has 0 atom stereocenters. The molecule has 1 rings (SSSR count). The van der Waals surface area contributed by atoms with Crippen molar-refractivity contribution in [2.24, 2.45) is 0 Å². The molecule has 16 heavy (non-hydrogen) atoms. The summed E-state index contributed by atoms with van der Waals surface area (Å²) in [6, 6.07) is 3.24. The van der Waals surface area contributed by atoms with E-state index in [0.29, 0.717) is 16.5 Å². The number of alkyl halides is 3. The molecule has 0 aliphatic carbocycles. The van der Waals surface area contributed by atoms with Gasteiger partial charge in [0.1, 0.15) is 5.69 Å². The van der Waals surface area contributed by atoms with E-state index in [1.54, 1.807) is 0 Å². The zero-order valence-corrected chi connectivity index (χ0v) is 10.1. The van der Waals surface area contributed by atoms with Gasteiger partial charge in [-0.25, -0.2) is 13.8 Å². The Kier molecular flexibility index (Phi) is 4.62. The first-order chi connectivity index (χ1) is 7.63. The average molecular weight is 291 g/mol. The van der Waals surface area contributed by atoms with E-state index in [0.717, 1.165) is 0 Å². The van der Waals surface area contributed by atoms with Crippen LogP contribution in [0, 0.1) is 11.3 Å². The molecule has 0 radical (unpaired) electrons. The van der Waals surface area contributed by atoms with Crippen molar-refractivity contribution in [3.8, 4) is 11.9 Å². The van der Waals surface area contributed by atoms with Gasteiger partial charge in [0.05, 0.1) is 19.6 Å². The number of hydrogen-bond donors (Lipinski definition) is 0. The number of rotatable bonds is 4. The number of halogens is 3. The molecule has 3 nitrogen and oxygen atoms in total. The van der Waals surface area contributed by atoms with Gasteiger partial charge in [-0.15, -0.1) is 0 Å². The SMILES string of the molecule is COc1nc(C(F)F)cc(CBr)c1CC#N. The molecule has 0 spiro atoms. The van der Waals surface area contributed by atoms with E-state index in [1.165, 1.54) is 13.2 Å². The Balaban J connectivity index is 3.32. The lowest BCUT2D eigenvalue weighted by Gasteiger charge is -2.11. The van der Waals surface area contributed by atoms with Crippen LogP contribution in [0.2, 0.25) is 0 Å². The number of methoxy groups -OCH3 is 1. The minimum absolute atomic E-state index is 0.0840. The van der Waals surface area contributed by atoms with E-state index in [9.17, 15) is 8.78 Å². The van der Waals surface area contributed by atoms with E-state index in [1.807, 2.05) is 6.07 Å². The quantitative estimate of drug-likeness (QED) is 0.801. The fourth-order valence-electron chi connectivity index (χ4n) is 1.29. The molecule has 1 heterocycles. The normalized spacial score (nSPS) is 10.2. The van der Waals surface area contributed by atoms with Crippen LogP contribution >= 0.6 is 15.9 Å². The summed E-state index contributed by atoms with van der Waals surface area (Å²) < 4.78 is 30.0. The van der Waals surface area contributed by atoms with Gasteiger partial charge in [-0.3, -0.25) is 0 Å². The average Bonchev–Trinajstić information content (AvgIpc) is 2.29. The molecule has 0 saturated heterocycles. The van der Waals surface area contributed by atoms with Crippen LogP contribution in [0.1, 0.15) is 23.2 Å². The van der Waals surface area contributed by atoms with Crippen LogP contribution in [0.3, 0.4) is 0 Å². The van der Waals surface area contributed by atoms with Crippen molar-refractivity contribution in [2.45, 2.75) is 18.2 Å². The van der Waals surface area contributed by atoms with Crippen molar-refractivity contribution in [3.05, 3.63) is 22.9 Å². The largest absolute Gasteiger partial charge is 0.481 e. The molecule has 0 amide bonds. The second-order valence-electron chi connectivity index (χ2n) is 2.96. The molecule has 0 N–H and O–H groups in total. The second kappa shape index (κ2) is 5.75. The van der Waals surface area contributed by atoms with Gasteiger partial charge >= 0.3 is 0 Å². The second-order valence-corrected chi connectivity index (χ2v) is 3.52. The molecule has 0 saturated carbocycles. The molecule has 1 aromatic rings. The summed E-state index contributed by atoms with van der Waals surface area (Å²) in [7, 11) is 1.34. The fourth-order valence-corrected chi connectivity index (χ4v) is 1.79. The standard InChI is InChI=1S/C10H9BrF2N2O/c1-16-10-7(2-3-14)6(5-11)4-8(15-10)9(12)13/h4,9H,2,5H2,1H3. The first-order valence-electron chi connectivity index (χ1n) is 4.41. The number of nitrogens with zero attached hydrogens (tertiary/aromatic N) is 2. The van der Waals surface area contributed by atoms with Gasteiger partial charge in [0.15, 0.2) is 0 Å². The fraction of sp³-hybridized carbons (Fsp3) is 0.400. The lowest BCUT2D eigenvalue weighted by atomic mass is 10.1. The Hall–Kier alpha value is -1.22. The van der Waals surface area contributed by atoms with Crippen molar-refractivity contribution >= 4 is 15.9 Å². The zero-order valence-electron chi connectivity index (χ0n) is 8.51. The molecule has 86 valence electrons. The smallest absolute Gasteiger partial charge is 0.280 e. The van der Waals surface area contributed by atoms with Gasteiger partial charge in [-0.05, 0) is 11.6 Å². The molecule has 0 fully saturated rings. The van der Waals surface area contributed by atoms with E-state index < -0.39 is 6.43 Å². The molecule has 0 aliphatic rings. The zero-order chi connectivity index (χ0) is 12.1. The summed E-state index contributed by atoms with van der Waals surface area (Å²) in [6.07, 6.45) is -2.57. The van der Waals surface area contributed by atoms with Gasteiger partial charge in [0.2, 0.25) is 5.88 Å². The van der Waals surface area contributed by atoms with Crippen molar-refractivity contribution in [1.82, 2.24) is 4.98 Å². The van der Waals surface area contributed by atoms with Crippen LogP contribution in [-0.2, 0) is 11.8 Å².